The Kier molecular flexibility index (Phi) is 6.93. The molecule has 3 fully saturated rings. The van der Waals surface area contributed by atoms with Crippen LogP contribution in [-0.4, -0.2) is 67.2 Å². The summed E-state index contributed by atoms with van der Waals surface area (Å²) in [6.45, 7) is 3.49. The summed E-state index contributed by atoms with van der Waals surface area (Å²) in [6.07, 6.45) is 13.6. The van der Waals surface area contributed by atoms with Crippen LogP contribution >= 0.6 is 11.3 Å². The Morgan fingerprint density at radius 2 is 1.91 bits per heavy atom. The highest BCUT2D eigenvalue weighted by Gasteiger charge is 2.65. The van der Waals surface area contributed by atoms with Gasteiger partial charge < -0.3 is 24.8 Å². The molecule has 2 aliphatic heterocycles. The van der Waals surface area contributed by atoms with Crippen LogP contribution in [0, 0.1) is 11.3 Å². The Hall–Kier alpha value is -4.84. The summed E-state index contributed by atoms with van der Waals surface area (Å²) in [7, 11) is 0. The molecule has 12 heteroatoms. The lowest BCUT2D eigenvalue weighted by Gasteiger charge is -2.26. The number of nitrogens with one attached hydrogen (secondary N) is 2. The first-order chi connectivity index (χ1) is 22.0. The number of benzene rings is 1. The zero-order valence-electron chi connectivity index (χ0n) is 24.7. The van der Waals surface area contributed by atoms with E-state index in [0.29, 0.717) is 31.1 Å². The summed E-state index contributed by atoms with van der Waals surface area (Å²) >= 11 is 1.60. The molecule has 4 aromatic heterocycles. The van der Waals surface area contributed by atoms with Crippen molar-refractivity contribution in [3.05, 3.63) is 83.9 Å². The molecule has 2 saturated heterocycles. The molecule has 11 nitrogen and oxygen atoms in total. The summed E-state index contributed by atoms with van der Waals surface area (Å²) in [4.78, 5) is 49.9. The smallest absolute Gasteiger partial charge is 0.255 e. The molecular formula is C33H33N9O2S. The summed E-state index contributed by atoms with van der Waals surface area (Å²) in [5.74, 6) is 1.46. The van der Waals surface area contributed by atoms with Gasteiger partial charge in [-0.05, 0) is 61.4 Å². The minimum absolute atomic E-state index is 0.00247. The van der Waals surface area contributed by atoms with E-state index in [2.05, 4.69) is 35.5 Å². The molecule has 1 aliphatic carbocycles. The number of thiazole rings is 1. The number of hydrogen-bond acceptors (Lipinski definition) is 9. The van der Waals surface area contributed by atoms with Gasteiger partial charge in [0.15, 0.2) is 0 Å². The van der Waals surface area contributed by atoms with Crippen molar-refractivity contribution in [3.63, 3.8) is 0 Å². The number of hydrogen-bond donors (Lipinski definition) is 2. The van der Waals surface area contributed by atoms with Gasteiger partial charge in [-0.2, -0.15) is 0 Å². The van der Waals surface area contributed by atoms with Gasteiger partial charge in [0.05, 0.1) is 21.5 Å². The number of fused-ring (bicyclic) bond motifs is 2. The van der Waals surface area contributed by atoms with E-state index >= 15 is 0 Å². The number of anilines is 3. The lowest BCUT2D eigenvalue weighted by Crippen LogP contribution is -2.38. The maximum absolute atomic E-state index is 13.3. The predicted octanol–water partition coefficient (Wildman–Crippen LogP) is 4.76. The topological polar surface area (TPSA) is 121 Å². The predicted molar refractivity (Wildman–Crippen MR) is 172 cm³/mol. The number of piperidine rings is 2. The monoisotopic (exact) mass is 619 g/mol. The molecule has 45 heavy (non-hydrogen) atoms. The van der Waals surface area contributed by atoms with E-state index in [1.165, 1.54) is 19.3 Å². The second kappa shape index (κ2) is 11.3. The molecule has 0 spiro atoms. The van der Waals surface area contributed by atoms with Gasteiger partial charge >= 0.3 is 0 Å². The molecule has 3 aliphatic rings. The minimum Gasteiger partial charge on any atom is -0.351 e. The molecule has 1 saturated carbocycles. The van der Waals surface area contributed by atoms with E-state index in [4.69, 9.17) is 0 Å². The van der Waals surface area contributed by atoms with Crippen LogP contribution in [0.4, 0.5) is 17.6 Å². The largest absolute Gasteiger partial charge is 0.351 e. The Morgan fingerprint density at radius 1 is 1.04 bits per heavy atom. The standard InChI is InChI=1S/C33H33N9O2S/c43-29(23-14-28-41(19-23)11-12-45-28)42-20-25-15-33(25,21-42)30(44)35-16-22-5-4-6-26(13-22)38-31-34-8-7-27(39-31)24-17-36-32(37-18-24)40-9-2-1-3-10-40/h4-8,11-14,17-19,25H,1-3,9-10,15-16,20-21H2,(H,35,44)(H,34,38,39)/t25-,33-/m1/s1. The summed E-state index contributed by atoms with van der Waals surface area (Å²) in [5.41, 5.74) is 3.54. The van der Waals surface area contributed by atoms with E-state index in [0.717, 1.165) is 52.8 Å². The fraction of sp³-hybridized carbons (Fsp3) is 0.333. The van der Waals surface area contributed by atoms with Crippen molar-refractivity contribution < 1.29 is 9.59 Å². The van der Waals surface area contributed by atoms with Crippen LogP contribution in [0.1, 0.15) is 41.6 Å². The molecule has 0 unspecified atom stereocenters. The highest BCUT2D eigenvalue weighted by Crippen LogP contribution is 2.58. The van der Waals surface area contributed by atoms with Crippen molar-refractivity contribution in [3.8, 4) is 11.3 Å². The second-order valence-corrected chi connectivity index (χ2v) is 13.1. The van der Waals surface area contributed by atoms with E-state index < -0.39 is 5.41 Å². The van der Waals surface area contributed by atoms with Gasteiger partial charge in [-0.15, -0.1) is 11.3 Å². The van der Waals surface area contributed by atoms with E-state index in [1.807, 2.05) is 75.9 Å². The van der Waals surface area contributed by atoms with Gasteiger partial charge in [-0.3, -0.25) is 9.59 Å². The van der Waals surface area contributed by atoms with Crippen LogP contribution in [0.5, 0.6) is 0 Å². The third-order valence-electron chi connectivity index (χ3n) is 9.22. The Balaban J connectivity index is 0.879. The van der Waals surface area contributed by atoms with Crippen LogP contribution in [0.25, 0.3) is 16.1 Å². The van der Waals surface area contributed by atoms with Crippen molar-refractivity contribution in [2.24, 2.45) is 11.3 Å². The number of rotatable bonds is 8. The van der Waals surface area contributed by atoms with Crippen molar-refractivity contribution >= 4 is 45.6 Å². The fourth-order valence-electron chi connectivity index (χ4n) is 6.66. The van der Waals surface area contributed by atoms with Crippen molar-refractivity contribution in [1.29, 1.82) is 0 Å². The molecule has 0 bridgehead atoms. The molecule has 2 N–H and O–H groups in total. The first-order valence-corrected chi connectivity index (χ1v) is 16.3. The van der Waals surface area contributed by atoms with Gasteiger partial charge in [0.25, 0.3) is 5.91 Å². The maximum atomic E-state index is 13.3. The minimum atomic E-state index is -0.480. The number of nitrogens with zero attached hydrogens (tertiary/aromatic N) is 7. The molecule has 6 heterocycles. The lowest BCUT2D eigenvalue weighted by molar-refractivity contribution is -0.126. The number of carbonyl (C=O) groups is 2. The van der Waals surface area contributed by atoms with Gasteiger partial charge in [0.2, 0.25) is 17.8 Å². The molecule has 0 radical (unpaired) electrons. The summed E-state index contributed by atoms with van der Waals surface area (Å²) < 4.78 is 1.96. The van der Waals surface area contributed by atoms with Crippen molar-refractivity contribution in [2.75, 3.05) is 36.4 Å². The molecular weight excluding hydrogens is 586 g/mol. The molecule has 2 amide bonds. The highest BCUT2D eigenvalue weighted by molar-refractivity contribution is 7.15. The fourth-order valence-corrected chi connectivity index (χ4v) is 7.42. The average molecular weight is 620 g/mol. The molecule has 1 aromatic carbocycles. The SMILES string of the molecule is O=C(c1cc2sccn2c1)N1C[C@H]2C[C@@]2(C(=O)NCc2cccc(Nc3nccc(-c4cnc(N5CCCCC5)nc4)n3)c2)C1. The third kappa shape index (κ3) is 5.39. The molecule has 228 valence electrons. The van der Waals surface area contributed by atoms with E-state index in [-0.39, 0.29) is 17.7 Å². The quantitative estimate of drug-likeness (QED) is 0.255. The zero-order valence-corrected chi connectivity index (χ0v) is 25.5. The number of aromatic nitrogens is 5. The van der Waals surface area contributed by atoms with Gasteiger partial charge in [-0.1, -0.05) is 12.1 Å². The Bertz CT molecular complexity index is 1850. The highest BCUT2D eigenvalue weighted by atomic mass is 32.1. The van der Waals surface area contributed by atoms with Crippen LogP contribution in [0.15, 0.2) is 72.8 Å². The third-order valence-corrected chi connectivity index (χ3v) is 10.0. The lowest BCUT2D eigenvalue weighted by atomic mass is 10.1. The van der Waals surface area contributed by atoms with Crippen LogP contribution in [-0.2, 0) is 11.3 Å². The summed E-state index contributed by atoms with van der Waals surface area (Å²) in [5, 5.41) is 8.42. The van der Waals surface area contributed by atoms with Crippen molar-refractivity contribution in [2.45, 2.75) is 32.2 Å². The van der Waals surface area contributed by atoms with Crippen molar-refractivity contribution in [1.82, 2.24) is 34.6 Å². The Labute approximate surface area is 264 Å². The van der Waals surface area contributed by atoms with Gasteiger partial charge in [-0.25, -0.2) is 19.9 Å². The molecule has 2 atom stereocenters. The average Bonchev–Trinajstić information content (AvgIpc) is 3.39. The van der Waals surface area contributed by atoms with Gasteiger partial charge in [0, 0.05) is 80.3 Å². The first kappa shape index (κ1) is 27.7. The molecule has 8 rings (SSSR count). The number of likely N-dealkylation sites (tertiary alicyclic amines) is 1. The van der Waals surface area contributed by atoms with E-state index in [9.17, 15) is 9.59 Å². The normalized spacial score (nSPS) is 20.7. The second-order valence-electron chi connectivity index (χ2n) is 12.2. The van der Waals surface area contributed by atoms with E-state index in [1.54, 1.807) is 17.5 Å². The summed E-state index contributed by atoms with van der Waals surface area (Å²) in [6, 6.07) is 11.6. The maximum Gasteiger partial charge on any atom is 0.255 e. The number of amides is 2. The Morgan fingerprint density at radius 3 is 2.76 bits per heavy atom. The number of carbonyl (C=O) groups excluding carboxylic acids is 2. The van der Waals surface area contributed by atoms with Crippen LogP contribution < -0.4 is 15.5 Å². The van der Waals surface area contributed by atoms with Crippen LogP contribution in [0.3, 0.4) is 0 Å². The van der Waals surface area contributed by atoms with Crippen LogP contribution in [0.2, 0.25) is 0 Å². The first-order valence-electron chi connectivity index (χ1n) is 15.4. The zero-order chi connectivity index (χ0) is 30.4. The van der Waals surface area contributed by atoms with Gasteiger partial charge in [0.1, 0.15) is 0 Å². The molecule has 5 aromatic rings.